The molecule has 0 aliphatic heterocycles. The van der Waals surface area contributed by atoms with Gasteiger partial charge in [-0.1, -0.05) is 62.4 Å². The molecule has 164 valence electrons. The molecule has 0 aromatic heterocycles. The van der Waals surface area contributed by atoms with Gasteiger partial charge >= 0.3 is 12.0 Å². The second kappa shape index (κ2) is 12.1. The van der Waals surface area contributed by atoms with E-state index in [0.29, 0.717) is 12.1 Å². The van der Waals surface area contributed by atoms with Gasteiger partial charge in [-0.05, 0) is 23.6 Å². The molecule has 0 aliphatic rings. The second-order valence-electron chi connectivity index (χ2n) is 7.34. The van der Waals surface area contributed by atoms with Crippen molar-refractivity contribution >= 4 is 23.8 Å². The van der Waals surface area contributed by atoms with Gasteiger partial charge in [0, 0.05) is 18.5 Å². The summed E-state index contributed by atoms with van der Waals surface area (Å²) in [7, 11) is 0. The number of carbonyl (C=O) groups excluding carboxylic acids is 4. The molecule has 0 saturated carbocycles. The lowest BCUT2D eigenvalue weighted by atomic mass is 10.1. The average Bonchev–Trinajstić information content (AvgIpc) is 2.77. The van der Waals surface area contributed by atoms with E-state index in [1.165, 1.54) is 0 Å². The topological polar surface area (TPSA) is 114 Å². The monoisotopic (exact) mass is 425 g/mol. The third kappa shape index (κ3) is 8.69. The number of imide groups is 1. The first kappa shape index (κ1) is 23.6. The molecule has 0 fully saturated rings. The summed E-state index contributed by atoms with van der Waals surface area (Å²) in [5, 5.41) is 7.28. The number of ether oxygens (including phenoxy) is 1. The third-order valence-electron chi connectivity index (χ3n) is 4.18. The van der Waals surface area contributed by atoms with Gasteiger partial charge in [0.25, 0.3) is 11.8 Å². The maximum atomic E-state index is 12.6. The van der Waals surface area contributed by atoms with E-state index in [9.17, 15) is 19.2 Å². The molecule has 0 unspecified atom stereocenters. The summed E-state index contributed by atoms with van der Waals surface area (Å²) in [6.07, 6.45) is 0.189. The molecule has 4 amide bonds. The summed E-state index contributed by atoms with van der Waals surface area (Å²) in [5.41, 5.74) is 1.21. The lowest BCUT2D eigenvalue weighted by molar-refractivity contribution is -0.150. The molecule has 2 aromatic carbocycles. The molecule has 0 bridgehead atoms. The van der Waals surface area contributed by atoms with Gasteiger partial charge in [0.15, 0.2) is 6.61 Å². The molecular weight excluding hydrogens is 398 g/mol. The largest absolute Gasteiger partial charge is 0.454 e. The Hall–Kier alpha value is -3.68. The smallest absolute Gasteiger partial charge is 0.329 e. The van der Waals surface area contributed by atoms with Crippen molar-refractivity contribution in [2.75, 3.05) is 13.2 Å². The molecule has 2 aromatic rings. The Bertz CT molecular complexity index is 885. The molecule has 0 saturated heterocycles. The minimum absolute atomic E-state index is 0.189. The molecule has 2 rings (SSSR count). The molecule has 1 atom stereocenters. The number of amides is 4. The summed E-state index contributed by atoms with van der Waals surface area (Å²) in [6.45, 7) is 3.60. The maximum Gasteiger partial charge on any atom is 0.329 e. The molecule has 0 spiro atoms. The summed E-state index contributed by atoms with van der Waals surface area (Å²) in [4.78, 5) is 48.6. The minimum atomic E-state index is -1.00. The van der Waals surface area contributed by atoms with Crippen molar-refractivity contribution in [3.63, 3.8) is 0 Å². The second-order valence-corrected chi connectivity index (χ2v) is 7.34. The van der Waals surface area contributed by atoms with Crippen LogP contribution >= 0.6 is 0 Å². The van der Waals surface area contributed by atoms with Crippen LogP contribution in [0.4, 0.5) is 4.79 Å². The van der Waals surface area contributed by atoms with Gasteiger partial charge in [0.05, 0.1) is 0 Å². The molecule has 31 heavy (non-hydrogen) atoms. The highest BCUT2D eigenvalue weighted by atomic mass is 16.5. The van der Waals surface area contributed by atoms with Gasteiger partial charge in [-0.25, -0.2) is 9.59 Å². The van der Waals surface area contributed by atoms with Crippen molar-refractivity contribution in [3.8, 4) is 0 Å². The van der Waals surface area contributed by atoms with Crippen molar-refractivity contribution < 1.29 is 23.9 Å². The number of hydrogen-bond acceptors (Lipinski definition) is 5. The van der Waals surface area contributed by atoms with E-state index in [-0.39, 0.29) is 12.3 Å². The van der Waals surface area contributed by atoms with Crippen LogP contribution in [0.5, 0.6) is 0 Å². The zero-order chi connectivity index (χ0) is 22.6. The van der Waals surface area contributed by atoms with E-state index in [0.717, 1.165) is 5.56 Å². The molecule has 8 heteroatoms. The zero-order valence-corrected chi connectivity index (χ0v) is 17.6. The Morgan fingerprint density at radius 1 is 0.903 bits per heavy atom. The predicted octanol–water partition coefficient (Wildman–Crippen LogP) is 2.05. The van der Waals surface area contributed by atoms with Crippen LogP contribution in [-0.4, -0.2) is 43.0 Å². The summed E-state index contributed by atoms with van der Waals surface area (Å²) < 4.78 is 5.06. The lowest BCUT2D eigenvalue weighted by Gasteiger charge is -2.18. The molecule has 0 aliphatic carbocycles. The molecule has 8 nitrogen and oxygen atoms in total. The first-order valence-electron chi connectivity index (χ1n) is 9.99. The summed E-state index contributed by atoms with van der Waals surface area (Å²) in [6, 6.07) is 15.9. The Balaban J connectivity index is 1.96. The lowest BCUT2D eigenvalue weighted by Crippen LogP contribution is -2.46. The normalized spacial score (nSPS) is 11.3. The van der Waals surface area contributed by atoms with Crippen LogP contribution < -0.4 is 16.0 Å². The van der Waals surface area contributed by atoms with E-state index >= 15 is 0 Å². The fourth-order valence-electron chi connectivity index (χ4n) is 2.62. The van der Waals surface area contributed by atoms with Crippen molar-refractivity contribution in [2.24, 2.45) is 5.92 Å². The van der Waals surface area contributed by atoms with Gasteiger partial charge in [-0.2, -0.15) is 0 Å². The highest BCUT2D eigenvalue weighted by Crippen LogP contribution is 2.07. The number of urea groups is 1. The first-order chi connectivity index (χ1) is 14.8. The highest BCUT2D eigenvalue weighted by molar-refractivity contribution is 5.98. The Morgan fingerprint density at radius 2 is 1.52 bits per heavy atom. The minimum Gasteiger partial charge on any atom is -0.454 e. The van der Waals surface area contributed by atoms with Crippen LogP contribution in [0.3, 0.4) is 0 Å². The van der Waals surface area contributed by atoms with Crippen molar-refractivity contribution in [1.29, 1.82) is 0 Å². The van der Waals surface area contributed by atoms with Crippen LogP contribution in [0.25, 0.3) is 0 Å². The Morgan fingerprint density at radius 3 is 2.13 bits per heavy atom. The quantitative estimate of drug-likeness (QED) is 0.532. The van der Waals surface area contributed by atoms with Gasteiger partial charge in [0.2, 0.25) is 0 Å². The zero-order valence-electron chi connectivity index (χ0n) is 17.6. The van der Waals surface area contributed by atoms with Crippen LogP contribution in [0.2, 0.25) is 0 Å². The molecule has 3 N–H and O–H groups in total. The average molecular weight is 425 g/mol. The van der Waals surface area contributed by atoms with Gasteiger partial charge in [0.1, 0.15) is 6.04 Å². The molecule has 0 heterocycles. The van der Waals surface area contributed by atoms with E-state index < -0.39 is 36.5 Å². The number of rotatable bonds is 9. The number of hydrogen-bond donors (Lipinski definition) is 3. The fraction of sp³-hybridized carbons (Fsp3) is 0.304. The van der Waals surface area contributed by atoms with Crippen molar-refractivity contribution in [3.05, 3.63) is 71.8 Å². The maximum absolute atomic E-state index is 12.6. The SMILES string of the molecule is CC(C)CNC(=O)NC(=O)COC(=O)[C@H](Cc1ccccc1)NC(=O)c1ccccc1. The third-order valence-corrected chi connectivity index (χ3v) is 4.18. The number of nitrogens with one attached hydrogen (secondary N) is 3. The van der Waals surface area contributed by atoms with Gasteiger partial charge in [-0.15, -0.1) is 0 Å². The number of esters is 1. The summed E-state index contributed by atoms with van der Waals surface area (Å²) in [5.74, 6) is -1.74. The summed E-state index contributed by atoms with van der Waals surface area (Å²) >= 11 is 0. The van der Waals surface area contributed by atoms with Crippen molar-refractivity contribution in [2.45, 2.75) is 26.3 Å². The van der Waals surface area contributed by atoms with E-state index in [4.69, 9.17) is 4.74 Å². The number of benzene rings is 2. The van der Waals surface area contributed by atoms with Crippen LogP contribution in [0, 0.1) is 5.92 Å². The highest BCUT2D eigenvalue weighted by Gasteiger charge is 2.24. The Kier molecular flexibility index (Phi) is 9.22. The van der Waals surface area contributed by atoms with Gasteiger partial charge < -0.3 is 15.4 Å². The number of carbonyl (C=O) groups is 4. The van der Waals surface area contributed by atoms with E-state index in [2.05, 4.69) is 16.0 Å². The van der Waals surface area contributed by atoms with E-state index in [1.54, 1.807) is 30.3 Å². The molecule has 0 radical (unpaired) electrons. The fourth-order valence-corrected chi connectivity index (χ4v) is 2.62. The predicted molar refractivity (Wildman–Crippen MR) is 115 cm³/mol. The van der Waals surface area contributed by atoms with E-state index in [1.807, 2.05) is 44.2 Å². The Labute approximate surface area is 181 Å². The van der Waals surface area contributed by atoms with Crippen LogP contribution in [0.15, 0.2) is 60.7 Å². The van der Waals surface area contributed by atoms with Crippen LogP contribution in [0.1, 0.15) is 29.8 Å². The van der Waals surface area contributed by atoms with Crippen molar-refractivity contribution in [1.82, 2.24) is 16.0 Å². The standard InChI is InChI=1S/C23H27N3O5/c1-16(2)14-24-23(30)26-20(27)15-31-22(29)19(13-17-9-5-3-6-10-17)25-21(28)18-11-7-4-8-12-18/h3-12,16,19H,13-15H2,1-2H3,(H,25,28)(H2,24,26,27,30)/t19-/m0/s1. The molecular formula is C23H27N3O5. The van der Waals surface area contributed by atoms with Crippen LogP contribution in [-0.2, 0) is 20.7 Å². The van der Waals surface area contributed by atoms with Gasteiger partial charge in [-0.3, -0.25) is 14.9 Å². The first-order valence-corrected chi connectivity index (χ1v) is 9.99.